The summed E-state index contributed by atoms with van der Waals surface area (Å²) in [5, 5.41) is 0.820. The standard InChI is InChI=1S/C15H17ClN2/c1-12-15-6-3-7-17(15)8-9-18(12)11-13-4-2-5-14(16)10-13/h2-7,10,12H,8-9,11H2,1H3. The summed E-state index contributed by atoms with van der Waals surface area (Å²) in [6, 6.07) is 13.0. The Morgan fingerprint density at radius 1 is 1.22 bits per heavy atom. The molecule has 2 heterocycles. The highest BCUT2D eigenvalue weighted by molar-refractivity contribution is 6.30. The van der Waals surface area contributed by atoms with Crippen molar-refractivity contribution in [3.8, 4) is 0 Å². The van der Waals surface area contributed by atoms with Crippen molar-refractivity contribution in [3.05, 3.63) is 58.9 Å². The van der Waals surface area contributed by atoms with Gasteiger partial charge < -0.3 is 4.57 Å². The molecule has 0 saturated carbocycles. The molecule has 0 bridgehead atoms. The van der Waals surface area contributed by atoms with E-state index in [-0.39, 0.29) is 0 Å². The first-order valence-corrected chi connectivity index (χ1v) is 6.75. The van der Waals surface area contributed by atoms with E-state index in [0.717, 1.165) is 24.7 Å². The van der Waals surface area contributed by atoms with E-state index >= 15 is 0 Å². The number of nitrogens with zero attached hydrogens (tertiary/aromatic N) is 2. The van der Waals surface area contributed by atoms with Crippen molar-refractivity contribution in [2.45, 2.75) is 26.1 Å². The average molecular weight is 261 g/mol. The van der Waals surface area contributed by atoms with Crippen LogP contribution in [-0.4, -0.2) is 16.0 Å². The van der Waals surface area contributed by atoms with Crippen LogP contribution in [0.5, 0.6) is 0 Å². The Balaban J connectivity index is 1.79. The minimum absolute atomic E-state index is 0.465. The molecule has 1 aliphatic rings. The molecule has 2 nitrogen and oxygen atoms in total. The fourth-order valence-electron chi connectivity index (χ4n) is 2.71. The van der Waals surface area contributed by atoms with E-state index in [1.165, 1.54) is 11.3 Å². The van der Waals surface area contributed by atoms with Gasteiger partial charge in [-0.15, -0.1) is 0 Å². The first-order valence-electron chi connectivity index (χ1n) is 6.37. The summed E-state index contributed by atoms with van der Waals surface area (Å²) >= 11 is 6.04. The smallest absolute Gasteiger partial charge is 0.0476 e. The molecular formula is C15H17ClN2. The molecule has 3 rings (SSSR count). The molecule has 0 aliphatic carbocycles. The Kier molecular flexibility index (Phi) is 3.14. The van der Waals surface area contributed by atoms with Gasteiger partial charge in [0, 0.05) is 42.6 Å². The molecule has 0 spiro atoms. The lowest BCUT2D eigenvalue weighted by Gasteiger charge is -2.34. The molecule has 1 aromatic heterocycles. The highest BCUT2D eigenvalue weighted by Gasteiger charge is 2.23. The highest BCUT2D eigenvalue weighted by Crippen LogP contribution is 2.27. The van der Waals surface area contributed by atoms with Crippen LogP contribution >= 0.6 is 11.6 Å². The fraction of sp³-hybridized carbons (Fsp3) is 0.333. The second-order valence-corrected chi connectivity index (χ2v) is 5.34. The van der Waals surface area contributed by atoms with E-state index in [0.29, 0.717) is 6.04 Å². The van der Waals surface area contributed by atoms with Crippen LogP contribution in [-0.2, 0) is 13.1 Å². The molecule has 1 aliphatic heterocycles. The largest absolute Gasteiger partial charge is 0.349 e. The van der Waals surface area contributed by atoms with Crippen LogP contribution in [0.25, 0.3) is 0 Å². The van der Waals surface area contributed by atoms with Gasteiger partial charge in [0.15, 0.2) is 0 Å². The monoisotopic (exact) mass is 260 g/mol. The van der Waals surface area contributed by atoms with Crippen LogP contribution in [0.15, 0.2) is 42.6 Å². The molecule has 1 unspecified atom stereocenters. The topological polar surface area (TPSA) is 8.17 Å². The lowest BCUT2D eigenvalue weighted by Crippen LogP contribution is -2.35. The summed E-state index contributed by atoms with van der Waals surface area (Å²) in [5.41, 5.74) is 2.69. The number of aromatic nitrogens is 1. The van der Waals surface area contributed by atoms with Crippen molar-refractivity contribution in [2.24, 2.45) is 0 Å². The fourth-order valence-corrected chi connectivity index (χ4v) is 2.93. The van der Waals surface area contributed by atoms with Crippen LogP contribution in [0.1, 0.15) is 24.2 Å². The quantitative estimate of drug-likeness (QED) is 0.799. The van der Waals surface area contributed by atoms with Crippen molar-refractivity contribution in [1.29, 1.82) is 0 Å². The molecule has 0 fully saturated rings. The SMILES string of the molecule is CC1c2cccn2CCN1Cc1cccc(Cl)c1. The van der Waals surface area contributed by atoms with E-state index in [1.807, 2.05) is 12.1 Å². The zero-order valence-electron chi connectivity index (χ0n) is 10.5. The van der Waals surface area contributed by atoms with Crippen LogP contribution < -0.4 is 0 Å². The van der Waals surface area contributed by atoms with Gasteiger partial charge in [0.25, 0.3) is 0 Å². The Morgan fingerprint density at radius 2 is 2.11 bits per heavy atom. The Bertz CT molecular complexity index is 547. The van der Waals surface area contributed by atoms with E-state index in [1.54, 1.807) is 0 Å². The zero-order valence-corrected chi connectivity index (χ0v) is 11.3. The van der Waals surface area contributed by atoms with Gasteiger partial charge in [-0.05, 0) is 36.8 Å². The normalized spacial score (nSPS) is 19.8. The summed E-state index contributed by atoms with van der Waals surface area (Å²) in [6.45, 7) is 5.41. The van der Waals surface area contributed by atoms with Gasteiger partial charge in [-0.3, -0.25) is 4.90 Å². The van der Waals surface area contributed by atoms with E-state index in [2.05, 4.69) is 46.9 Å². The van der Waals surface area contributed by atoms with E-state index in [4.69, 9.17) is 11.6 Å². The van der Waals surface area contributed by atoms with Crippen molar-refractivity contribution < 1.29 is 0 Å². The second-order valence-electron chi connectivity index (χ2n) is 4.90. The predicted octanol–water partition coefficient (Wildman–Crippen LogP) is 3.72. The Morgan fingerprint density at radius 3 is 2.94 bits per heavy atom. The van der Waals surface area contributed by atoms with Gasteiger partial charge >= 0.3 is 0 Å². The number of rotatable bonds is 2. The molecule has 2 aromatic rings. The second kappa shape index (κ2) is 4.79. The number of hydrogen-bond acceptors (Lipinski definition) is 1. The first-order chi connectivity index (χ1) is 8.74. The number of halogens is 1. The van der Waals surface area contributed by atoms with Gasteiger partial charge in [-0.25, -0.2) is 0 Å². The summed E-state index contributed by atoms with van der Waals surface area (Å²) < 4.78 is 2.35. The zero-order chi connectivity index (χ0) is 12.5. The molecule has 0 N–H and O–H groups in total. The molecule has 1 atom stereocenters. The van der Waals surface area contributed by atoms with Gasteiger partial charge in [-0.2, -0.15) is 0 Å². The van der Waals surface area contributed by atoms with Crippen LogP contribution in [0, 0.1) is 0 Å². The van der Waals surface area contributed by atoms with Crippen LogP contribution in [0.4, 0.5) is 0 Å². The minimum atomic E-state index is 0.465. The Labute approximate surface area is 113 Å². The number of benzene rings is 1. The van der Waals surface area contributed by atoms with Crippen LogP contribution in [0.3, 0.4) is 0 Å². The van der Waals surface area contributed by atoms with Gasteiger partial charge in [0.2, 0.25) is 0 Å². The number of hydrogen-bond donors (Lipinski definition) is 0. The lowest BCUT2D eigenvalue weighted by atomic mass is 10.1. The molecule has 1 aromatic carbocycles. The third-order valence-electron chi connectivity index (χ3n) is 3.74. The van der Waals surface area contributed by atoms with Gasteiger partial charge in [-0.1, -0.05) is 23.7 Å². The predicted molar refractivity (Wildman–Crippen MR) is 74.7 cm³/mol. The minimum Gasteiger partial charge on any atom is -0.349 e. The summed E-state index contributed by atoms with van der Waals surface area (Å²) in [5.74, 6) is 0. The lowest BCUT2D eigenvalue weighted by molar-refractivity contribution is 0.161. The maximum atomic E-state index is 6.04. The van der Waals surface area contributed by atoms with Gasteiger partial charge in [0.05, 0.1) is 0 Å². The third kappa shape index (κ3) is 2.18. The highest BCUT2D eigenvalue weighted by atomic mass is 35.5. The summed E-state index contributed by atoms with van der Waals surface area (Å²) in [4.78, 5) is 2.50. The van der Waals surface area contributed by atoms with Crippen molar-refractivity contribution in [3.63, 3.8) is 0 Å². The van der Waals surface area contributed by atoms with Crippen LogP contribution in [0.2, 0.25) is 5.02 Å². The summed E-state index contributed by atoms with van der Waals surface area (Å²) in [7, 11) is 0. The van der Waals surface area contributed by atoms with E-state index in [9.17, 15) is 0 Å². The van der Waals surface area contributed by atoms with Crippen molar-refractivity contribution >= 4 is 11.6 Å². The van der Waals surface area contributed by atoms with E-state index < -0.39 is 0 Å². The molecular weight excluding hydrogens is 244 g/mol. The third-order valence-corrected chi connectivity index (χ3v) is 3.98. The molecule has 18 heavy (non-hydrogen) atoms. The first kappa shape index (κ1) is 11.8. The molecule has 3 heteroatoms. The average Bonchev–Trinajstić information content (AvgIpc) is 2.82. The van der Waals surface area contributed by atoms with Crippen molar-refractivity contribution in [2.75, 3.05) is 6.54 Å². The summed E-state index contributed by atoms with van der Waals surface area (Å²) in [6.07, 6.45) is 2.17. The molecule has 0 saturated heterocycles. The maximum Gasteiger partial charge on any atom is 0.0476 e. The molecule has 0 radical (unpaired) electrons. The maximum absolute atomic E-state index is 6.04. The molecule has 94 valence electrons. The Hall–Kier alpha value is -1.25. The van der Waals surface area contributed by atoms with Gasteiger partial charge in [0.1, 0.15) is 0 Å². The van der Waals surface area contributed by atoms with Crippen molar-refractivity contribution in [1.82, 2.24) is 9.47 Å². The molecule has 0 amide bonds. The number of fused-ring (bicyclic) bond motifs is 1.